The minimum Gasteiger partial charge on any atom is -0.478 e. The summed E-state index contributed by atoms with van der Waals surface area (Å²) in [5, 5.41) is 8.90. The van der Waals surface area contributed by atoms with Gasteiger partial charge in [0, 0.05) is 18.3 Å². The second kappa shape index (κ2) is 7.04. The van der Waals surface area contributed by atoms with Gasteiger partial charge in [0.1, 0.15) is 0 Å². The Labute approximate surface area is 109 Å². The largest absolute Gasteiger partial charge is 0.478 e. The Kier molecular flexibility index (Phi) is 5.69. The van der Waals surface area contributed by atoms with Crippen LogP contribution in [-0.2, 0) is 0 Å². The Balaban J connectivity index is 2.87. The van der Waals surface area contributed by atoms with Crippen LogP contribution in [0.4, 0.5) is 5.69 Å². The lowest BCUT2D eigenvalue weighted by molar-refractivity contribution is 0.0697. The quantitative estimate of drug-likeness (QED) is 0.799. The van der Waals surface area contributed by atoms with E-state index in [1.165, 1.54) is 6.42 Å². The van der Waals surface area contributed by atoms with Crippen molar-refractivity contribution in [2.45, 2.75) is 46.1 Å². The van der Waals surface area contributed by atoms with E-state index in [1.54, 1.807) is 12.1 Å². The van der Waals surface area contributed by atoms with Gasteiger partial charge in [0.15, 0.2) is 0 Å². The minimum absolute atomic E-state index is 0.346. The summed E-state index contributed by atoms with van der Waals surface area (Å²) in [5.74, 6) is -0.870. The normalized spacial score (nSPS) is 12.2. The molecule has 0 aromatic heterocycles. The molecule has 1 rings (SSSR count). The van der Waals surface area contributed by atoms with Gasteiger partial charge in [0.05, 0.1) is 5.56 Å². The van der Waals surface area contributed by atoms with Crippen LogP contribution in [0.2, 0.25) is 0 Å². The summed E-state index contributed by atoms with van der Waals surface area (Å²) in [6, 6.07) is 7.65. The van der Waals surface area contributed by atoms with Crippen LogP contribution in [0.15, 0.2) is 24.3 Å². The van der Waals surface area contributed by atoms with Crippen molar-refractivity contribution < 1.29 is 9.90 Å². The molecule has 18 heavy (non-hydrogen) atoms. The zero-order valence-electron chi connectivity index (χ0n) is 11.5. The molecule has 1 aromatic rings. The molecule has 1 aromatic carbocycles. The zero-order chi connectivity index (χ0) is 13.5. The van der Waals surface area contributed by atoms with Crippen molar-refractivity contribution in [3.05, 3.63) is 29.8 Å². The predicted octanol–water partition coefficient (Wildman–Crippen LogP) is 3.79. The molecule has 0 aliphatic rings. The number of carboxylic acid groups (broad SMARTS) is 1. The number of carbonyl (C=O) groups is 1. The first-order valence-electron chi connectivity index (χ1n) is 6.70. The van der Waals surface area contributed by atoms with Crippen LogP contribution in [0.3, 0.4) is 0 Å². The number of hydrogen-bond donors (Lipinski definition) is 1. The monoisotopic (exact) mass is 249 g/mol. The highest BCUT2D eigenvalue weighted by atomic mass is 16.4. The third kappa shape index (κ3) is 3.76. The fraction of sp³-hybridized carbons (Fsp3) is 0.533. The molecule has 0 aliphatic heterocycles. The smallest absolute Gasteiger partial charge is 0.335 e. The third-order valence-corrected chi connectivity index (χ3v) is 3.32. The second-order valence-electron chi connectivity index (χ2n) is 4.66. The lowest BCUT2D eigenvalue weighted by Crippen LogP contribution is -2.33. The Morgan fingerprint density at radius 3 is 2.33 bits per heavy atom. The standard InChI is InChI=1S/C15H23NO2/c1-4-6-11-16(12(3)5-2)14-9-7-13(8-10-14)15(17)18/h7-10,12H,4-6,11H2,1-3H3,(H,17,18). The number of rotatable bonds is 7. The first-order valence-corrected chi connectivity index (χ1v) is 6.70. The molecule has 0 heterocycles. The van der Waals surface area contributed by atoms with Crippen molar-refractivity contribution in [1.82, 2.24) is 0 Å². The highest BCUT2D eigenvalue weighted by Crippen LogP contribution is 2.20. The summed E-state index contributed by atoms with van der Waals surface area (Å²) in [5.41, 5.74) is 1.46. The number of hydrogen-bond acceptors (Lipinski definition) is 2. The van der Waals surface area contributed by atoms with Crippen LogP contribution in [0, 0.1) is 0 Å². The number of aromatic carboxylic acids is 1. The molecule has 1 N–H and O–H groups in total. The van der Waals surface area contributed by atoms with Gasteiger partial charge in [0.25, 0.3) is 0 Å². The molecule has 100 valence electrons. The summed E-state index contributed by atoms with van der Waals surface area (Å²) in [6.45, 7) is 7.59. The van der Waals surface area contributed by atoms with Gasteiger partial charge in [-0.2, -0.15) is 0 Å². The van der Waals surface area contributed by atoms with Crippen molar-refractivity contribution in [2.24, 2.45) is 0 Å². The van der Waals surface area contributed by atoms with Crippen LogP contribution in [-0.4, -0.2) is 23.7 Å². The molecular formula is C15H23NO2. The van der Waals surface area contributed by atoms with Crippen molar-refractivity contribution >= 4 is 11.7 Å². The summed E-state index contributed by atoms with van der Waals surface area (Å²) >= 11 is 0. The molecule has 0 radical (unpaired) electrons. The van der Waals surface area contributed by atoms with E-state index < -0.39 is 5.97 Å². The lowest BCUT2D eigenvalue weighted by Gasteiger charge is -2.31. The molecule has 1 atom stereocenters. The van der Waals surface area contributed by atoms with Gasteiger partial charge in [-0.3, -0.25) is 0 Å². The van der Waals surface area contributed by atoms with Crippen molar-refractivity contribution in [3.8, 4) is 0 Å². The Bertz CT molecular complexity index is 373. The Hall–Kier alpha value is -1.51. The van der Waals surface area contributed by atoms with Crippen LogP contribution in [0.5, 0.6) is 0 Å². The van der Waals surface area contributed by atoms with Gasteiger partial charge in [0.2, 0.25) is 0 Å². The summed E-state index contributed by atoms with van der Waals surface area (Å²) in [6.07, 6.45) is 3.41. The topological polar surface area (TPSA) is 40.5 Å². The number of carboxylic acids is 1. The minimum atomic E-state index is -0.870. The third-order valence-electron chi connectivity index (χ3n) is 3.32. The highest BCUT2D eigenvalue weighted by Gasteiger charge is 2.13. The molecule has 1 unspecified atom stereocenters. The van der Waals surface area contributed by atoms with Crippen molar-refractivity contribution in [3.63, 3.8) is 0 Å². The van der Waals surface area contributed by atoms with E-state index in [0.29, 0.717) is 11.6 Å². The Morgan fingerprint density at radius 2 is 1.89 bits per heavy atom. The first kappa shape index (κ1) is 14.6. The molecule has 0 amide bonds. The molecule has 3 nitrogen and oxygen atoms in total. The van der Waals surface area contributed by atoms with E-state index in [0.717, 1.165) is 25.1 Å². The van der Waals surface area contributed by atoms with Crippen molar-refractivity contribution in [1.29, 1.82) is 0 Å². The van der Waals surface area contributed by atoms with Crippen LogP contribution in [0.25, 0.3) is 0 Å². The summed E-state index contributed by atoms with van der Waals surface area (Å²) in [4.78, 5) is 13.2. The number of unbranched alkanes of at least 4 members (excludes halogenated alkanes) is 1. The van der Waals surface area contributed by atoms with Crippen molar-refractivity contribution in [2.75, 3.05) is 11.4 Å². The maximum Gasteiger partial charge on any atom is 0.335 e. The molecule has 0 aliphatic carbocycles. The molecule has 0 saturated heterocycles. The average molecular weight is 249 g/mol. The van der Waals surface area contributed by atoms with Gasteiger partial charge in [-0.05, 0) is 44.0 Å². The number of anilines is 1. The summed E-state index contributed by atoms with van der Waals surface area (Å²) < 4.78 is 0. The van der Waals surface area contributed by atoms with E-state index in [4.69, 9.17) is 5.11 Å². The highest BCUT2D eigenvalue weighted by molar-refractivity contribution is 5.88. The molecular weight excluding hydrogens is 226 g/mol. The number of nitrogens with zero attached hydrogens (tertiary/aromatic N) is 1. The van der Waals surface area contributed by atoms with Crippen LogP contribution in [0.1, 0.15) is 50.4 Å². The van der Waals surface area contributed by atoms with E-state index in [9.17, 15) is 4.79 Å². The fourth-order valence-electron chi connectivity index (χ4n) is 1.95. The zero-order valence-corrected chi connectivity index (χ0v) is 11.5. The fourth-order valence-corrected chi connectivity index (χ4v) is 1.95. The van der Waals surface area contributed by atoms with E-state index in [-0.39, 0.29) is 0 Å². The van der Waals surface area contributed by atoms with Gasteiger partial charge >= 0.3 is 5.97 Å². The SMILES string of the molecule is CCCCN(c1ccc(C(=O)O)cc1)C(C)CC. The van der Waals surface area contributed by atoms with E-state index in [1.807, 2.05) is 12.1 Å². The van der Waals surface area contributed by atoms with Gasteiger partial charge in [-0.1, -0.05) is 20.3 Å². The molecule has 3 heteroatoms. The lowest BCUT2D eigenvalue weighted by atomic mass is 10.1. The van der Waals surface area contributed by atoms with Crippen LogP contribution < -0.4 is 4.90 Å². The van der Waals surface area contributed by atoms with Gasteiger partial charge in [-0.25, -0.2) is 4.79 Å². The molecule has 0 spiro atoms. The van der Waals surface area contributed by atoms with E-state index in [2.05, 4.69) is 25.7 Å². The Morgan fingerprint density at radius 1 is 1.28 bits per heavy atom. The first-order chi connectivity index (χ1) is 8.60. The van der Waals surface area contributed by atoms with Gasteiger partial charge < -0.3 is 10.0 Å². The van der Waals surface area contributed by atoms with Gasteiger partial charge in [-0.15, -0.1) is 0 Å². The predicted molar refractivity (Wildman–Crippen MR) is 75.4 cm³/mol. The molecule has 0 saturated carbocycles. The second-order valence-corrected chi connectivity index (χ2v) is 4.66. The molecule has 0 bridgehead atoms. The summed E-state index contributed by atoms with van der Waals surface area (Å²) in [7, 11) is 0. The average Bonchev–Trinajstić information content (AvgIpc) is 2.39. The maximum absolute atomic E-state index is 10.8. The number of benzene rings is 1. The van der Waals surface area contributed by atoms with E-state index >= 15 is 0 Å². The maximum atomic E-state index is 10.8. The van der Waals surface area contributed by atoms with Crippen LogP contribution >= 0.6 is 0 Å². The molecule has 0 fully saturated rings.